The van der Waals surface area contributed by atoms with Crippen LogP contribution in [-0.4, -0.2) is 23.0 Å². The van der Waals surface area contributed by atoms with Gasteiger partial charge in [-0.25, -0.2) is 9.97 Å². The van der Waals surface area contributed by atoms with Gasteiger partial charge in [0, 0.05) is 10.4 Å². The summed E-state index contributed by atoms with van der Waals surface area (Å²) < 4.78 is 10.6. The minimum atomic E-state index is -0.418. The van der Waals surface area contributed by atoms with Gasteiger partial charge in [-0.2, -0.15) is 0 Å². The lowest BCUT2D eigenvalue weighted by molar-refractivity contribution is 0.0991. The van der Waals surface area contributed by atoms with Gasteiger partial charge in [0.05, 0.1) is 19.0 Å². The number of aromatic nitrogens is 2. The molecule has 0 fully saturated rings. The molecule has 0 aliphatic carbocycles. The first kappa shape index (κ1) is 15.2. The monoisotopic (exact) mass is 329 g/mol. The number of carbonyl (C=O) groups is 1. The fourth-order valence-electron chi connectivity index (χ4n) is 1.94. The molecule has 23 heavy (non-hydrogen) atoms. The maximum absolute atomic E-state index is 12.2. The van der Waals surface area contributed by atoms with Crippen molar-refractivity contribution in [2.24, 2.45) is 0 Å². The first-order valence-electron chi connectivity index (χ1n) is 6.92. The molecule has 0 saturated carbocycles. The van der Waals surface area contributed by atoms with E-state index in [2.05, 4.69) is 15.3 Å². The molecule has 3 rings (SSSR count). The second kappa shape index (κ2) is 6.21. The number of thiazole rings is 1. The first-order chi connectivity index (χ1) is 11.1. The van der Waals surface area contributed by atoms with Crippen molar-refractivity contribution in [3.05, 3.63) is 46.9 Å². The van der Waals surface area contributed by atoms with Crippen molar-refractivity contribution in [1.29, 1.82) is 0 Å². The molecule has 1 aromatic carbocycles. The van der Waals surface area contributed by atoms with Crippen molar-refractivity contribution in [2.75, 3.05) is 12.4 Å². The van der Waals surface area contributed by atoms with Gasteiger partial charge in [0.25, 0.3) is 5.89 Å². The Labute approximate surface area is 137 Å². The Morgan fingerprint density at radius 1 is 1.26 bits per heavy atom. The van der Waals surface area contributed by atoms with E-state index in [-0.39, 0.29) is 5.89 Å². The minimum Gasteiger partial charge on any atom is -0.497 e. The number of hydrogen-bond acceptors (Lipinski definition) is 6. The number of carbonyl (C=O) groups excluding carboxylic acids is 1. The predicted octanol–water partition coefficient (Wildman–Crippen LogP) is 3.68. The lowest BCUT2D eigenvalue weighted by Gasteiger charge is -2.00. The van der Waals surface area contributed by atoms with Crippen molar-refractivity contribution in [3.8, 4) is 17.1 Å². The number of nitrogens with zero attached hydrogens (tertiary/aromatic N) is 2. The van der Waals surface area contributed by atoms with Crippen LogP contribution in [0.1, 0.15) is 21.3 Å². The fraction of sp³-hybridized carbons (Fsp3) is 0.188. The van der Waals surface area contributed by atoms with Crippen LogP contribution in [0.3, 0.4) is 0 Å². The van der Waals surface area contributed by atoms with Crippen molar-refractivity contribution >= 4 is 22.4 Å². The van der Waals surface area contributed by atoms with Gasteiger partial charge in [-0.1, -0.05) is 0 Å². The number of hydrogen-bond donors (Lipinski definition) is 1. The Hall–Kier alpha value is -2.67. The molecule has 2 heterocycles. The van der Waals surface area contributed by atoms with Gasteiger partial charge in [-0.3, -0.25) is 10.1 Å². The molecule has 1 amide bonds. The quantitative estimate of drug-likeness (QED) is 0.790. The Morgan fingerprint density at radius 2 is 2.00 bits per heavy atom. The molecule has 0 spiro atoms. The van der Waals surface area contributed by atoms with Crippen LogP contribution >= 0.6 is 11.3 Å². The maximum atomic E-state index is 12.2. The summed E-state index contributed by atoms with van der Waals surface area (Å²) in [6.45, 7) is 3.85. The molecule has 2 aromatic heterocycles. The van der Waals surface area contributed by atoms with Crippen molar-refractivity contribution in [3.63, 3.8) is 0 Å². The molecule has 3 aromatic rings. The third-order valence-electron chi connectivity index (χ3n) is 3.32. The number of benzene rings is 1. The molecule has 0 aliphatic heterocycles. The van der Waals surface area contributed by atoms with Crippen molar-refractivity contribution in [1.82, 2.24) is 9.97 Å². The smallest absolute Gasteiger partial charge is 0.313 e. The summed E-state index contributed by atoms with van der Waals surface area (Å²) in [6, 6.07) is 7.32. The Morgan fingerprint density at radius 3 is 2.61 bits per heavy atom. The van der Waals surface area contributed by atoms with E-state index in [4.69, 9.17) is 9.15 Å². The summed E-state index contributed by atoms with van der Waals surface area (Å²) in [5.74, 6) is 0.852. The van der Waals surface area contributed by atoms with Crippen molar-refractivity contribution < 1.29 is 13.9 Å². The molecule has 1 N–H and O–H groups in total. The van der Waals surface area contributed by atoms with E-state index < -0.39 is 5.91 Å². The number of aryl methyl sites for hydroxylation is 2. The minimum absolute atomic E-state index is 0.00123. The number of nitrogens with one attached hydrogen (secondary N) is 1. The highest BCUT2D eigenvalue weighted by molar-refractivity contribution is 7.15. The highest BCUT2D eigenvalue weighted by Gasteiger charge is 2.16. The van der Waals surface area contributed by atoms with Crippen LogP contribution in [0.5, 0.6) is 5.75 Å². The van der Waals surface area contributed by atoms with Gasteiger partial charge in [-0.05, 0) is 38.1 Å². The summed E-state index contributed by atoms with van der Waals surface area (Å²) in [4.78, 5) is 21.5. The lowest BCUT2D eigenvalue weighted by atomic mass is 10.2. The highest BCUT2D eigenvalue weighted by atomic mass is 32.1. The molecular weight excluding hydrogens is 314 g/mol. The second-order valence-electron chi connectivity index (χ2n) is 4.87. The largest absolute Gasteiger partial charge is 0.497 e. The summed E-state index contributed by atoms with van der Waals surface area (Å²) in [5, 5.41) is 3.23. The molecule has 0 saturated heterocycles. The normalized spacial score (nSPS) is 10.6. The van der Waals surface area contributed by atoms with E-state index in [1.165, 1.54) is 17.5 Å². The molecular formula is C16H15N3O3S. The van der Waals surface area contributed by atoms with Crippen LogP contribution < -0.4 is 10.1 Å². The number of ether oxygens (including phenoxy) is 1. The van der Waals surface area contributed by atoms with E-state index >= 15 is 0 Å². The lowest BCUT2D eigenvalue weighted by Crippen LogP contribution is -2.11. The Bertz CT molecular complexity index is 817. The second-order valence-corrected chi connectivity index (χ2v) is 6.08. The van der Waals surface area contributed by atoms with E-state index in [9.17, 15) is 4.79 Å². The molecule has 0 unspecified atom stereocenters. The third kappa shape index (κ3) is 3.24. The van der Waals surface area contributed by atoms with Crippen LogP contribution in [0.15, 0.2) is 34.9 Å². The van der Waals surface area contributed by atoms with Gasteiger partial charge in [-0.15, -0.1) is 11.3 Å². The van der Waals surface area contributed by atoms with E-state index in [0.717, 1.165) is 21.9 Å². The zero-order chi connectivity index (χ0) is 16.4. The van der Waals surface area contributed by atoms with Gasteiger partial charge in [0.15, 0.2) is 10.9 Å². The SMILES string of the molecule is COc1ccc(-c2cnc(C(=O)Nc3nc(C)c(C)s3)o2)cc1. The molecule has 0 bridgehead atoms. The fourth-order valence-corrected chi connectivity index (χ4v) is 2.75. The van der Waals surface area contributed by atoms with Crippen LogP contribution in [0.2, 0.25) is 0 Å². The summed E-state index contributed by atoms with van der Waals surface area (Å²) in [5.41, 5.74) is 1.72. The van der Waals surface area contributed by atoms with Crippen LogP contribution in [-0.2, 0) is 0 Å². The van der Waals surface area contributed by atoms with Crippen molar-refractivity contribution in [2.45, 2.75) is 13.8 Å². The number of anilines is 1. The van der Waals surface area contributed by atoms with Gasteiger partial charge >= 0.3 is 5.91 Å². The molecule has 0 atom stereocenters. The van der Waals surface area contributed by atoms with Crippen LogP contribution in [0.4, 0.5) is 5.13 Å². The van der Waals surface area contributed by atoms with Gasteiger partial charge in [0.1, 0.15) is 5.75 Å². The predicted molar refractivity (Wildman–Crippen MR) is 88.0 cm³/mol. The zero-order valence-corrected chi connectivity index (χ0v) is 13.7. The van der Waals surface area contributed by atoms with Crippen LogP contribution in [0.25, 0.3) is 11.3 Å². The summed E-state index contributed by atoms with van der Waals surface area (Å²) in [7, 11) is 1.61. The highest BCUT2D eigenvalue weighted by Crippen LogP contribution is 2.24. The van der Waals surface area contributed by atoms with Gasteiger partial charge < -0.3 is 9.15 Å². The van der Waals surface area contributed by atoms with Gasteiger partial charge in [0.2, 0.25) is 0 Å². The standard InChI is InChI=1S/C16H15N3O3S/c1-9-10(2)23-16(18-9)19-14(20)15-17-8-13(22-15)11-4-6-12(21-3)7-5-11/h4-8H,1-3H3,(H,18,19,20). The maximum Gasteiger partial charge on any atom is 0.313 e. The average molecular weight is 329 g/mol. The number of oxazole rings is 1. The number of amides is 1. The summed E-state index contributed by atoms with van der Waals surface area (Å²) in [6.07, 6.45) is 1.52. The average Bonchev–Trinajstić information content (AvgIpc) is 3.15. The number of methoxy groups -OCH3 is 1. The van der Waals surface area contributed by atoms with E-state index in [1.807, 2.05) is 38.1 Å². The van der Waals surface area contributed by atoms with Crippen LogP contribution in [0, 0.1) is 13.8 Å². The molecule has 118 valence electrons. The Balaban J connectivity index is 1.76. The topological polar surface area (TPSA) is 77.2 Å². The third-order valence-corrected chi connectivity index (χ3v) is 4.31. The summed E-state index contributed by atoms with van der Waals surface area (Å²) >= 11 is 1.42. The first-order valence-corrected chi connectivity index (χ1v) is 7.74. The van der Waals surface area contributed by atoms with E-state index in [0.29, 0.717) is 10.9 Å². The van der Waals surface area contributed by atoms with E-state index in [1.54, 1.807) is 7.11 Å². The zero-order valence-electron chi connectivity index (χ0n) is 12.9. The molecule has 6 nitrogen and oxygen atoms in total. The molecule has 0 aliphatic rings. The number of rotatable bonds is 4. The molecule has 7 heteroatoms. The Kier molecular flexibility index (Phi) is 4.12. The molecule has 0 radical (unpaired) electrons.